The first-order chi connectivity index (χ1) is 8.60. The second-order valence-corrected chi connectivity index (χ2v) is 4.76. The lowest BCUT2D eigenvalue weighted by atomic mass is 10.0. The number of carbonyl (C=O) groups is 1. The molecule has 0 bridgehead atoms. The molecular formula is C14H15FN2O. The predicted molar refractivity (Wildman–Crippen MR) is 65.3 cm³/mol. The zero-order valence-electron chi connectivity index (χ0n) is 10.2. The number of nitriles is 1. The van der Waals surface area contributed by atoms with Gasteiger partial charge < -0.3 is 5.32 Å². The van der Waals surface area contributed by atoms with Crippen LogP contribution in [0.25, 0.3) is 0 Å². The van der Waals surface area contributed by atoms with Crippen LogP contribution in [0.4, 0.5) is 4.39 Å². The van der Waals surface area contributed by atoms with Gasteiger partial charge in [0.1, 0.15) is 5.82 Å². The van der Waals surface area contributed by atoms with Crippen LogP contribution in [-0.4, -0.2) is 11.9 Å². The fraction of sp³-hybridized carbons (Fsp3) is 0.429. The number of rotatable bonds is 2. The van der Waals surface area contributed by atoms with Crippen LogP contribution in [-0.2, 0) is 0 Å². The Morgan fingerprint density at radius 3 is 2.89 bits per heavy atom. The number of carbonyl (C=O) groups excluding carboxylic acids is 1. The van der Waals surface area contributed by atoms with Crippen molar-refractivity contribution in [2.45, 2.75) is 32.2 Å². The Morgan fingerprint density at radius 2 is 2.22 bits per heavy atom. The number of nitrogens with one attached hydrogen (secondary N) is 1. The SMILES string of the molecule is Cc1cc(F)cc(C(=O)NC2CCCC2C#N)c1. The van der Waals surface area contributed by atoms with Gasteiger partial charge in [-0.2, -0.15) is 5.26 Å². The topological polar surface area (TPSA) is 52.9 Å². The molecule has 18 heavy (non-hydrogen) atoms. The van der Waals surface area contributed by atoms with Gasteiger partial charge in [-0.25, -0.2) is 4.39 Å². The molecule has 1 aliphatic rings. The zero-order valence-corrected chi connectivity index (χ0v) is 10.2. The predicted octanol–water partition coefficient (Wildman–Crippen LogP) is 2.56. The second-order valence-electron chi connectivity index (χ2n) is 4.76. The van der Waals surface area contributed by atoms with Crippen molar-refractivity contribution in [2.75, 3.05) is 0 Å². The summed E-state index contributed by atoms with van der Waals surface area (Å²) in [6, 6.07) is 6.35. The highest BCUT2D eigenvalue weighted by atomic mass is 19.1. The van der Waals surface area contributed by atoms with Gasteiger partial charge in [0.2, 0.25) is 0 Å². The van der Waals surface area contributed by atoms with Crippen LogP contribution in [0.15, 0.2) is 18.2 Å². The number of halogens is 1. The zero-order chi connectivity index (χ0) is 13.1. The van der Waals surface area contributed by atoms with Crippen LogP contribution in [0.2, 0.25) is 0 Å². The molecule has 0 heterocycles. The largest absolute Gasteiger partial charge is 0.348 e. The van der Waals surface area contributed by atoms with E-state index in [1.165, 1.54) is 12.1 Å². The molecule has 0 aliphatic heterocycles. The molecule has 1 saturated carbocycles. The van der Waals surface area contributed by atoms with E-state index in [4.69, 9.17) is 5.26 Å². The van der Waals surface area contributed by atoms with Gasteiger partial charge in [0.25, 0.3) is 5.91 Å². The Kier molecular flexibility index (Phi) is 3.61. The van der Waals surface area contributed by atoms with Crippen molar-refractivity contribution in [1.82, 2.24) is 5.32 Å². The fourth-order valence-corrected chi connectivity index (χ4v) is 2.41. The smallest absolute Gasteiger partial charge is 0.251 e. The third-order valence-corrected chi connectivity index (χ3v) is 3.30. The lowest BCUT2D eigenvalue weighted by Gasteiger charge is -2.15. The Balaban J connectivity index is 2.10. The summed E-state index contributed by atoms with van der Waals surface area (Å²) in [7, 11) is 0. The number of amides is 1. The maximum Gasteiger partial charge on any atom is 0.251 e. The summed E-state index contributed by atoms with van der Waals surface area (Å²) in [5.74, 6) is -0.836. The van der Waals surface area contributed by atoms with E-state index in [-0.39, 0.29) is 17.9 Å². The second kappa shape index (κ2) is 5.18. The van der Waals surface area contributed by atoms with Crippen LogP contribution in [0, 0.1) is 30.0 Å². The maximum absolute atomic E-state index is 13.2. The Hall–Kier alpha value is -1.89. The Bertz CT molecular complexity index is 487. The molecule has 4 heteroatoms. The van der Waals surface area contributed by atoms with Crippen molar-refractivity contribution in [3.63, 3.8) is 0 Å². The average Bonchev–Trinajstić information content (AvgIpc) is 2.75. The minimum absolute atomic E-state index is 0.105. The molecule has 1 aromatic rings. The van der Waals surface area contributed by atoms with Crippen LogP contribution in [0.5, 0.6) is 0 Å². The summed E-state index contributed by atoms with van der Waals surface area (Å²) in [5, 5.41) is 11.8. The summed E-state index contributed by atoms with van der Waals surface area (Å²) in [4.78, 5) is 12.0. The maximum atomic E-state index is 13.2. The summed E-state index contributed by atoms with van der Waals surface area (Å²) in [6.07, 6.45) is 2.59. The normalized spacial score (nSPS) is 22.5. The molecule has 0 radical (unpaired) electrons. The molecule has 94 valence electrons. The average molecular weight is 246 g/mol. The lowest BCUT2D eigenvalue weighted by molar-refractivity contribution is 0.0932. The minimum atomic E-state index is -0.414. The highest BCUT2D eigenvalue weighted by Gasteiger charge is 2.28. The highest BCUT2D eigenvalue weighted by Crippen LogP contribution is 2.25. The van der Waals surface area contributed by atoms with E-state index in [1.807, 2.05) is 0 Å². The number of benzene rings is 1. The van der Waals surface area contributed by atoms with E-state index in [9.17, 15) is 9.18 Å². The van der Waals surface area contributed by atoms with Gasteiger partial charge in [0.15, 0.2) is 0 Å². The van der Waals surface area contributed by atoms with E-state index in [2.05, 4.69) is 11.4 Å². The molecule has 3 nitrogen and oxygen atoms in total. The molecule has 2 rings (SSSR count). The van der Waals surface area contributed by atoms with E-state index in [1.54, 1.807) is 13.0 Å². The van der Waals surface area contributed by atoms with Crippen molar-refractivity contribution >= 4 is 5.91 Å². The third kappa shape index (κ3) is 2.67. The van der Waals surface area contributed by atoms with E-state index < -0.39 is 5.82 Å². The molecule has 0 spiro atoms. The first-order valence-corrected chi connectivity index (χ1v) is 6.08. The summed E-state index contributed by atoms with van der Waals surface area (Å²) >= 11 is 0. The standard InChI is InChI=1S/C14H15FN2O/c1-9-5-11(7-12(15)6-9)14(18)17-13-4-2-3-10(13)8-16/h5-7,10,13H,2-4H2,1H3,(H,17,18). The lowest BCUT2D eigenvalue weighted by Crippen LogP contribution is -2.36. The highest BCUT2D eigenvalue weighted by molar-refractivity contribution is 5.94. The molecule has 1 fully saturated rings. The van der Waals surface area contributed by atoms with E-state index in [0.717, 1.165) is 19.3 Å². The van der Waals surface area contributed by atoms with Crippen LogP contribution in [0.1, 0.15) is 35.2 Å². The van der Waals surface area contributed by atoms with E-state index >= 15 is 0 Å². The van der Waals surface area contributed by atoms with Crippen molar-refractivity contribution in [2.24, 2.45) is 5.92 Å². The molecule has 0 aromatic heterocycles. The quantitative estimate of drug-likeness (QED) is 0.871. The van der Waals surface area contributed by atoms with Crippen molar-refractivity contribution < 1.29 is 9.18 Å². The first kappa shape index (κ1) is 12.6. The third-order valence-electron chi connectivity index (χ3n) is 3.30. The van der Waals surface area contributed by atoms with Gasteiger partial charge in [-0.3, -0.25) is 4.79 Å². The van der Waals surface area contributed by atoms with Gasteiger partial charge in [-0.15, -0.1) is 0 Å². The van der Waals surface area contributed by atoms with Gasteiger partial charge in [0.05, 0.1) is 12.0 Å². The molecule has 1 N–H and O–H groups in total. The fourth-order valence-electron chi connectivity index (χ4n) is 2.41. The van der Waals surface area contributed by atoms with Gasteiger partial charge in [-0.1, -0.05) is 0 Å². The molecule has 1 aromatic carbocycles. The molecular weight excluding hydrogens is 231 g/mol. The van der Waals surface area contributed by atoms with Gasteiger partial charge in [0, 0.05) is 11.6 Å². The Labute approximate surface area is 106 Å². The van der Waals surface area contributed by atoms with Crippen molar-refractivity contribution in [3.05, 3.63) is 35.1 Å². The molecule has 2 unspecified atom stereocenters. The van der Waals surface area contributed by atoms with Crippen molar-refractivity contribution in [1.29, 1.82) is 5.26 Å². The summed E-state index contributed by atoms with van der Waals surface area (Å²) < 4.78 is 13.2. The van der Waals surface area contributed by atoms with Gasteiger partial charge in [-0.05, 0) is 49.9 Å². The molecule has 1 amide bonds. The number of nitrogens with zero attached hydrogens (tertiary/aromatic N) is 1. The van der Waals surface area contributed by atoms with Crippen LogP contribution < -0.4 is 5.32 Å². The molecule has 1 aliphatic carbocycles. The van der Waals surface area contributed by atoms with Crippen molar-refractivity contribution in [3.8, 4) is 6.07 Å². The number of hydrogen-bond donors (Lipinski definition) is 1. The Morgan fingerprint density at radius 1 is 1.44 bits per heavy atom. The van der Waals surface area contributed by atoms with Crippen LogP contribution in [0.3, 0.4) is 0 Å². The number of hydrogen-bond acceptors (Lipinski definition) is 2. The number of aryl methyl sites for hydroxylation is 1. The minimum Gasteiger partial charge on any atom is -0.348 e. The monoisotopic (exact) mass is 246 g/mol. The first-order valence-electron chi connectivity index (χ1n) is 6.08. The summed E-state index contributed by atoms with van der Waals surface area (Å²) in [5.41, 5.74) is 1.03. The van der Waals surface area contributed by atoms with Crippen LogP contribution >= 0.6 is 0 Å². The summed E-state index contributed by atoms with van der Waals surface area (Å²) in [6.45, 7) is 1.74. The molecule has 0 saturated heterocycles. The van der Waals surface area contributed by atoms with Gasteiger partial charge >= 0.3 is 0 Å². The molecule has 2 atom stereocenters. The van der Waals surface area contributed by atoms with E-state index in [0.29, 0.717) is 11.1 Å².